The maximum absolute atomic E-state index is 6.22. The molecule has 2 heterocycles. The first-order valence-electron chi connectivity index (χ1n) is 5.49. The van der Waals surface area contributed by atoms with Crippen LogP contribution in [-0.2, 0) is 0 Å². The van der Waals surface area contributed by atoms with Gasteiger partial charge in [0.2, 0.25) is 0 Å². The standard InChI is InChI=1S/C13H12BrNOS/c14-8-3-4-11-9(6-8)10(15)7-12(16-11)13-2-1-5-17-13/h1-6,10,12H,7,15H2. The van der Waals surface area contributed by atoms with Crippen molar-refractivity contribution >= 4 is 27.3 Å². The van der Waals surface area contributed by atoms with Crippen LogP contribution in [0.25, 0.3) is 0 Å². The summed E-state index contributed by atoms with van der Waals surface area (Å²) >= 11 is 5.18. The zero-order chi connectivity index (χ0) is 11.8. The minimum atomic E-state index is 0.0448. The fraction of sp³-hybridized carbons (Fsp3) is 0.231. The molecule has 0 saturated carbocycles. The second kappa shape index (κ2) is 4.44. The van der Waals surface area contributed by atoms with Crippen molar-refractivity contribution in [3.63, 3.8) is 0 Å². The molecule has 88 valence electrons. The van der Waals surface area contributed by atoms with Crippen molar-refractivity contribution in [1.29, 1.82) is 0 Å². The monoisotopic (exact) mass is 309 g/mol. The van der Waals surface area contributed by atoms with Crippen molar-refractivity contribution in [3.8, 4) is 5.75 Å². The van der Waals surface area contributed by atoms with Gasteiger partial charge in [0.1, 0.15) is 11.9 Å². The molecular formula is C13H12BrNOS. The first-order valence-corrected chi connectivity index (χ1v) is 7.16. The summed E-state index contributed by atoms with van der Waals surface area (Å²) in [6.45, 7) is 0. The quantitative estimate of drug-likeness (QED) is 0.863. The van der Waals surface area contributed by atoms with Crippen molar-refractivity contribution in [2.45, 2.75) is 18.6 Å². The fourth-order valence-electron chi connectivity index (χ4n) is 2.12. The third-order valence-corrected chi connectivity index (χ3v) is 4.43. The molecule has 0 bridgehead atoms. The van der Waals surface area contributed by atoms with E-state index in [0.717, 1.165) is 22.2 Å². The van der Waals surface area contributed by atoms with E-state index in [4.69, 9.17) is 10.5 Å². The summed E-state index contributed by atoms with van der Waals surface area (Å²) in [6.07, 6.45) is 0.933. The van der Waals surface area contributed by atoms with E-state index in [-0.39, 0.29) is 12.1 Å². The molecular weight excluding hydrogens is 298 g/mol. The number of fused-ring (bicyclic) bond motifs is 1. The average Bonchev–Trinajstić information content (AvgIpc) is 2.83. The van der Waals surface area contributed by atoms with Crippen molar-refractivity contribution in [2.75, 3.05) is 0 Å². The summed E-state index contributed by atoms with van der Waals surface area (Å²) in [5.74, 6) is 0.908. The maximum Gasteiger partial charge on any atom is 0.135 e. The topological polar surface area (TPSA) is 35.2 Å². The number of halogens is 1. The van der Waals surface area contributed by atoms with Crippen LogP contribution in [0.5, 0.6) is 5.75 Å². The minimum absolute atomic E-state index is 0.0448. The first-order chi connectivity index (χ1) is 8.24. The van der Waals surface area contributed by atoms with Gasteiger partial charge in [-0.2, -0.15) is 0 Å². The van der Waals surface area contributed by atoms with E-state index >= 15 is 0 Å². The Morgan fingerprint density at radius 2 is 2.24 bits per heavy atom. The number of rotatable bonds is 1. The van der Waals surface area contributed by atoms with E-state index in [1.807, 2.05) is 24.3 Å². The Kier molecular flexibility index (Phi) is 2.94. The van der Waals surface area contributed by atoms with Gasteiger partial charge in [-0.05, 0) is 29.6 Å². The van der Waals surface area contributed by atoms with Gasteiger partial charge < -0.3 is 10.5 Å². The molecule has 2 atom stereocenters. The third kappa shape index (κ3) is 2.12. The lowest BCUT2D eigenvalue weighted by atomic mass is 9.97. The van der Waals surface area contributed by atoms with E-state index in [1.54, 1.807) is 11.3 Å². The Labute approximate surface area is 113 Å². The van der Waals surface area contributed by atoms with E-state index in [1.165, 1.54) is 4.88 Å². The molecule has 1 aromatic carbocycles. The highest BCUT2D eigenvalue weighted by Crippen LogP contribution is 2.41. The lowest BCUT2D eigenvalue weighted by Gasteiger charge is -2.29. The van der Waals surface area contributed by atoms with Crippen LogP contribution in [0.3, 0.4) is 0 Å². The average molecular weight is 310 g/mol. The number of benzene rings is 1. The third-order valence-electron chi connectivity index (χ3n) is 2.97. The Bertz CT molecular complexity index is 526. The van der Waals surface area contributed by atoms with Crippen LogP contribution in [0.15, 0.2) is 40.2 Å². The maximum atomic E-state index is 6.22. The molecule has 0 aliphatic carbocycles. The largest absolute Gasteiger partial charge is 0.484 e. The highest BCUT2D eigenvalue weighted by atomic mass is 79.9. The smallest absolute Gasteiger partial charge is 0.135 e. The molecule has 1 aliphatic rings. The van der Waals surface area contributed by atoms with Crippen LogP contribution >= 0.6 is 27.3 Å². The zero-order valence-electron chi connectivity index (χ0n) is 9.10. The van der Waals surface area contributed by atoms with E-state index < -0.39 is 0 Å². The molecule has 0 amide bonds. The summed E-state index contributed by atoms with van der Waals surface area (Å²) in [7, 11) is 0. The van der Waals surface area contributed by atoms with Crippen LogP contribution in [0, 0.1) is 0 Å². The molecule has 2 aromatic rings. The van der Waals surface area contributed by atoms with Crippen molar-refractivity contribution < 1.29 is 4.74 Å². The molecule has 2 N–H and O–H groups in total. The lowest BCUT2D eigenvalue weighted by molar-refractivity contribution is 0.165. The lowest BCUT2D eigenvalue weighted by Crippen LogP contribution is -2.23. The predicted octanol–water partition coefficient (Wildman–Crippen LogP) is 4.03. The molecule has 17 heavy (non-hydrogen) atoms. The highest BCUT2D eigenvalue weighted by Gasteiger charge is 2.27. The Balaban J connectivity index is 1.96. The summed E-state index contributed by atoms with van der Waals surface area (Å²) in [6, 6.07) is 10.2. The molecule has 2 unspecified atom stereocenters. The molecule has 0 spiro atoms. The van der Waals surface area contributed by atoms with Gasteiger partial charge >= 0.3 is 0 Å². The van der Waals surface area contributed by atoms with Crippen molar-refractivity contribution in [2.24, 2.45) is 5.73 Å². The van der Waals surface area contributed by atoms with E-state index in [0.29, 0.717) is 0 Å². The van der Waals surface area contributed by atoms with Crippen molar-refractivity contribution in [3.05, 3.63) is 50.6 Å². The number of hydrogen-bond donors (Lipinski definition) is 1. The van der Waals surface area contributed by atoms with Gasteiger partial charge in [0.05, 0.1) is 0 Å². The Hall–Kier alpha value is -0.840. The number of nitrogens with two attached hydrogens (primary N) is 1. The van der Waals surface area contributed by atoms with Crippen LogP contribution in [0.4, 0.5) is 0 Å². The van der Waals surface area contributed by atoms with Crippen LogP contribution in [0.1, 0.15) is 29.0 Å². The molecule has 3 rings (SSSR count). The van der Waals surface area contributed by atoms with Crippen LogP contribution in [0.2, 0.25) is 0 Å². The van der Waals surface area contributed by atoms with Gasteiger partial charge in [0.25, 0.3) is 0 Å². The summed E-state index contributed by atoms with van der Waals surface area (Å²) in [5.41, 5.74) is 7.31. The number of thiophene rings is 1. The predicted molar refractivity (Wildman–Crippen MR) is 73.4 cm³/mol. The summed E-state index contributed by atoms with van der Waals surface area (Å²) in [4.78, 5) is 1.24. The van der Waals surface area contributed by atoms with Gasteiger partial charge in [-0.15, -0.1) is 11.3 Å². The van der Waals surface area contributed by atoms with Crippen LogP contribution in [-0.4, -0.2) is 0 Å². The van der Waals surface area contributed by atoms with Gasteiger partial charge in [-0.25, -0.2) is 0 Å². The molecule has 1 aromatic heterocycles. The normalized spacial score (nSPS) is 22.9. The van der Waals surface area contributed by atoms with Gasteiger partial charge in [-0.1, -0.05) is 22.0 Å². The number of ether oxygens (including phenoxy) is 1. The molecule has 2 nitrogen and oxygen atoms in total. The fourth-order valence-corrected chi connectivity index (χ4v) is 3.27. The van der Waals surface area contributed by atoms with Gasteiger partial charge in [0.15, 0.2) is 0 Å². The Morgan fingerprint density at radius 1 is 1.35 bits per heavy atom. The van der Waals surface area contributed by atoms with E-state index in [9.17, 15) is 0 Å². The summed E-state index contributed by atoms with van der Waals surface area (Å²) < 4.78 is 7.06. The molecule has 0 radical (unpaired) electrons. The first kappa shape index (κ1) is 11.3. The number of hydrogen-bond acceptors (Lipinski definition) is 3. The molecule has 0 saturated heterocycles. The SMILES string of the molecule is NC1CC(c2cccs2)Oc2ccc(Br)cc21. The molecule has 0 fully saturated rings. The van der Waals surface area contributed by atoms with Gasteiger partial charge in [-0.3, -0.25) is 0 Å². The second-order valence-corrected chi connectivity index (χ2v) is 6.04. The summed E-state index contributed by atoms with van der Waals surface area (Å²) in [5, 5.41) is 2.07. The Morgan fingerprint density at radius 3 is 3.00 bits per heavy atom. The second-order valence-electron chi connectivity index (χ2n) is 4.15. The van der Waals surface area contributed by atoms with Crippen LogP contribution < -0.4 is 10.5 Å². The van der Waals surface area contributed by atoms with Crippen molar-refractivity contribution in [1.82, 2.24) is 0 Å². The zero-order valence-corrected chi connectivity index (χ0v) is 11.5. The van der Waals surface area contributed by atoms with Gasteiger partial charge in [0, 0.05) is 27.4 Å². The van der Waals surface area contributed by atoms with E-state index in [2.05, 4.69) is 27.4 Å². The highest BCUT2D eigenvalue weighted by molar-refractivity contribution is 9.10. The minimum Gasteiger partial charge on any atom is -0.484 e. The molecule has 1 aliphatic heterocycles. The molecule has 4 heteroatoms.